The number of carbonyl (C=O) groups excluding carboxylic acids is 3. The van der Waals surface area contributed by atoms with Gasteiger partial charge in [0.05, 0.1) is 0 Å². The zero-order valence-electron chi connectivity index (χ0n) is 22.6. The minimum Gasteiger partial charge on any atom is -0.446 e. The first-order valence-electron chi connectivity index (χ1n) is 13.5. The highest BCUT2D eigenvalue weighted by Crippen LogP contribution is 2.39. The summed E-state index contributed by atoms with van der Waals surface area (Å²) in [7, 11) is 0. The second kappa shape index (κ2) is 12.0. The van der Waals surface area contributed by atoms with Crippen LogP contribution >= 0.6 is 0 Å². The monoisotopic (exact) mass is 532 g/mol. The van der Waals surface area contributed by atoms with E-state index in [1.165, 1.54) is 6.92 Å². The quantitative estimate of drug-likeness (QED) is 0.208. The van der Waals surface area contributed by atoms with E-state index in [4.69, 9.17) is 4.74 Å². The van der Waals surface area contributed by atoms with Gasteiger partial charge in [0.2, 0.25) is 5.91 Å². The highest BCUT2D eigenvalue weighted by molar-refractivity contribution is 6.06. The fourth-order valence-corrected chi connectivity index (χ4v) is 5.52. The molecule has 0 bridgehead atoms. The molecule has 40 heavy (non-hydrogen) atoms. The summed E-state index contributed by atoms with van der Waals surface area (Å²) in [6.45, 7) is 3.45. The van der Waals surface area contributed by atoms with Crippen LogP contribution < -0.4 is 4.90 Å². The van der Waals surface area contributed by atoms with Gasteiger partial charge < -0.3 is 9.64 Å². The van der Waals surface area contributed by atoms with Crippen molar-refractivity contribution in [1.82, 2.24) is 4.90 Å². The van der Waals surface area contributed by atoms with Gasteiger partial charge >= 0.3 is 6.09 Å². The Balaban J connectivity index is 1.53. The molecule has 4 aromatic carbocycles. The lowest BCUT2D eigenvalue weighted by Gasteiger charge is -2.30. The van der Waals surface area contributed by atoms with Gasteiger partial charge in [0.1, 0.15) is 24.3 Å². The van der Waals surface area contributed by atoms with Crippen molar-refractivity contribution in [2.24, 2.45) is 5.92 Å². The zero-order chi connectivity index (χ0) is 28.1. The number of Topliss-reactive ketones (excluding diaryl/α,β-unsaturated/α-hetero) is 1. The van der Waals surface area contributed by atoms with E-state index in [9.17, 15) is 14.4 Å². The van der Waals surface area contributed by atoms with E-state index in [1.807, 2.05) is 122 Å². The topological polar surface area (TPSA) is 66.9 Å². The van der Waals surface area contributed by atoms with Crippen molar-refractivity contribution in [1.29, 1.82) is 0 Å². The fraction of sp³-hybridized carbons (Fsp3) is 0.206. The third-order valence-corrected chi connectivity index (χ3v) is 7.43. The van der Waals surface area contributed by atoms with Gasteiger partial charge in [-0.2, -0.15) is 0 Å². The summed E-state index contributed by atoms with van der Waals surface area (Å²) >= 11 is 0. The molecule has 5 rings (SSSR count). The number of hydrogen-bond acceptors (Lipinski definition) is 5. The molecule has 4 aromatic rings. The van der Waals surface area contributed by atoms with Gasteiger partial charge in [-0.3, -0.25) is 9.59 Å². The van der Waals surface area contributed by atoms with E-state index < -0.39 is 29.9 Å². The molecule has 1 aliphatic heterocycles. The normalized spacial score (nSPS) is 16.2. The predicted molar refractivity (Wildman–Crippen MR) is 156 cm³/mol. The summed E-state index contributed by atoms with van der Waals surface area (Å²) in [4.78, 5) is 43.2. The van der Waals surface area contributed by atoms with Crippen molar-refractivity contribution >= 4 is 34.8 Å². The number of hydrogen-bond donors (Lipinski definition) is 0. The molecule has 0 spiro atoms. The van der Waals surface area contributed by atoms with Gasteiger partial charge in [-0.1, -0.05) is 85.8 Å². The van der Waals surface area contributed by atoms with E-state index in [-0.39, 0.29) is 12.4 Å². The van der Waals surface area contributed by atoms with E-state index in [1.54, 1.807) is 0 Å². The Labute approximate surface area is 234 Å². The number of benzene rings is 4. The molecule has 1 heterocycles. The fourth-order valence-electron chi connectivity index (χ4n) is 5.52. The molecule has 1 fully saturated rings. The Morgan fingerprint density at radius 3 is 1.93 bits per heavy atom. The molecule has 1 saturated heterocycles. The molecule has 0 saturated carbocycles. The molecule has 1 aliphatic rings. The first-order valence-corrected chi connectivity index (χ1v) is 13.5. The molecular formula is C34H32N2O4. The standard InChI is InChI=1S/C34H32N2O4/c1-3-30(32(24(2)37)33(38)36-31(23-40-34(36)39)25-14-7-4-8-15-25)26-16-13-21-29(22-26)35(27-17-9-5-10-18-27)28-19-11-6-12-20-28/h4-22,30-32H,3,23H2,1-2H3/t30-,31+,32?/m0/s1. The van der Waals surface area contributed by atoms with Crippen LogP contribution in [0.1, 0.15) is 43.4 Å². The number of ether oxygens (including phenoxy) is 1. The van der Waals surface area contributed by atoms with Crippen molar-refractivity contribution in [3.63, 3.8) is 0 Å². The van der Waals surface area contributed by atoms with Crippen LogP contribution in [0.3, 0.4) is 0 Å². The molecule has 3 atom stereocenters. The molecule has 2 amide bonds. The average Bonchev–Trinajstić information content (AvgIpc) is 3.38. The number of ketones is 1. The Hall–Kier alpha value is -4.71. The molecule has 0 N–H and O–H groups in total. The number of carbonyl (C=O) groups is 3. The number of rotatable bonds is 9. The second-order valence-corrected chi connectivity index (χ2v) is 9.92. The summed E-state index contributed by atoms with van der Waals surface area (Å²) in [6, 6.07) is 36.8. The summed E-state index contributed by atoms with van der Waals surface area (Å²) in [6.07, 6.45) is -0.178. The lowest BCUT2D eigenvalue weighted by molar-refractivity contribution is -0.140. The molecule has 1 unspecified atom stereocenters. The van der Waals surface area contributed by atoms with Crippen molar-refractivity contribution in [3.05, 3.63) is 126 Å². The molecule has 6 nitrogen and oxygen atoms in total. The average molecular weight is 533 g/mol. The number of para-hydroxylation sites is 2. The molecular weight excluding hydrogens is 500 g/mol. The maximum Gasteiger partial charge on any atom is 0.417 e. The maximum absolute atomic E-state index is 14.0. The van der Waals surface area contributed by atoms with E-state index in [2.05, 4.69) is 4.90 Å². The molecule has 0 aromatic heterocycles. The molecule has 0 aliphatic carbocycles. The second-order valence-electron chi connectivity index (χ2n) is 9.92. The Bertz CT molecular complexity index is 1430. The van der Waals surface area contributed by atoms with Gasteiger partial charge in [-0.15, -0.1) is 0 Å². The highest BCUT2D eigenvalue weighted by Gasteiger charge is 2.45. The third-order valence-electron chi connectivity index (χ3n) is 7.43. The van der Waals surface area contributed by atoms with Crippen LogP contribution in [0, 0.1) is 5.92 Å². The molecule has 6 heteroatoms. The lowest BCUT2D eigenvalue weighted by Crippen LogP contribution is -2.43. The Kier molecular flexibility index (Phi) is 8.06. The summed E-state index contributed by atoms with van der Waals surface area (Å²) in [5.41, 5.74) is 4.53. The smallest absolute Gasteiger partial charge is 0.417 e. The summed E-state index contributed by atoms with van der Waals surface area (Å²) in [5, 5.41) is 0. The number of nitrogens with zero attached hydrogens (tertiary/aromatic N) is 2. The van der Waals surface area contributed by atoms with Crippen LogP contribution in [-0.2, 0) is 14.3 Å². The first kappa shape index (κ1) is 26.9. The number of imide groups is 1. The van der Waals surface area contributed by atoms with Crippen molar-refractivity contribution < 1.29 is 19.1 Å². The van der Waals surface area contributed by atoms with E-state index >= 15 is 0 Å². The highest BCUT2D eigenvalue weighted by atomic mass is 16.6. The third kappa shape index (κ3) is 5.38. The predicted octanol–water partition coefficient (Wildman–Crippen LogP) is 7.58. The van der Waals surface area contributed by atoms with Gasteiger partial charge in [-0.05, 0) is 60.9 Å². The van der Waals surface area contributed by atoms with E-state index in [0.29, 0.717) is 6.42 Å². The van der Waals surface area contributed by atoms with Crippen LogP contribution in [0.25, 0.3) is 0 Å². The minimum absolute atomic E-state index is 0.0641. The van der Waals surface area contributed by atoms with Crippen LogP contribution in [0.15, 0.2) is 115 Å². The van der Waals surface area contributed by atoms with E-state index in [0.717, 1.165) is 33.1 Å². The van der Waals surface area contributed by atoms with Crippen molar-refractivity contribution in [3.8, 4) is 0 Å². The van der Waals surface area contributed by atoms with Crippen molar-refractivity contribution in [2.45, 2.75) is 32.2 Å². The Morgan fingerprint density at radius 1 is 0.825 bits per heavy atom. The maximum atomic E-state index is 14.0. The number of anilines is 3. The molecule has 0 radical (unpaired) electrons. The molecule has 202 valence electrons. The number of amides is 2. The van der Waals surface area contributed by atoms with Crippen molar-refractivity contribution in [2.75, 3.05) is 11.5 Å². The summed E-state index contributed by atoms with van der Waals surface area (Å²) < 4.78 is 5.30. The van der Waals surface area contributed by atoms with Gasteiger partial charge in [-0.25, -0.2) is 9.69 Å². The Morgan fingerprint density at radius 2 is 1.38 bits per heavy atom. The van der Waals surface area contributed by atoms with Gasteiger partial charge in [0.15, 0.2) is 0 Å². The first-order chi connectivity index (χ1) is 19.5. The van der Waals surface area contributed by atoms with Crippen LogP contribution in [0.4, 0.5) is 21.9 Å². The number of cyclic esters (lactones) is 1. The van der Waals surface area contributed by atoms with Gasteiger partial charge in [0, 0.05) is 23.0 Å². The summed E-state index contributed by atoms with van der Waals surface area (Å²) in [5.74, 6) is -2.26. The van der Waals surface area contributed by atoms with Crippen LogP contribution in [-0.4, -0.2) is 29.3 Å². The lowest BCUT2D eigenvalue weighted by atomic mass is 9.80. The van der Waals surface area contributed by atoms with Crippen LogP contribution in [0.2, 0.25) is 0 Å². The largest absolute Gasteiger partial charge is 0.446 e. The zero-order valence-corrected chi connectivity index (χ0v) is 22.6. The SMILES string of the molecule is CC[C@@H](c1cccc(N(c2ccccc2)c2ccccc2)c1)C(C(C)=O)C(=O)N1C(=O)OC[C@@H]1c1ccccc1. The van der Waals surface area contributed by atoms with Gasteiger partial charge in [0.25, 0.3) is 0 Å². The van der Waals surface area contributed by atoms with Crippen LogP contribution in [0.5, 0.6) is 0 Å². The minimum atomic E-state index is -1.03.